The molecule has 0 radical (unpaired) electrons. The number of hydrogen-bond acceptors (Lipinski definition) is 2. The Kier molecular flexibility index (Phi) is 2.67. The minimum atomic E-state index is 0.00829. The largest absolute Gasteiger partial charge is 0.299 e. The fourth-order valence-corrected chi connectivity index (χ4v) is 2.75. The predicted octanol–water partition coefficient (Wildman–Crippen LogP) is 3.33. The molecule has 0 N–H and O–H groups in total. The summed E-state index contributed by atoms with van der Waals surface area (Å²) >= 11 is 3.52. The average molecular weight is 303 g/mol. The van der Waals surface area contributed by atoms with E-state index in [1.807, 2.05) is 37.3 Å². The molecule has 3 aromatic rings. The minimum absolute atomic E-state index is 0.00829. The van der Waals surface area contributed by atoms with Crippen molar-refractivity contribution in [2.45, 2.75) is 13.5 Å². The molecule has 0 aliphatic carbocycles. The van der Waals surface area contributed by atoms with Gasteiger partial charge in [0, 0.05) is 16.4 Å². The second-order valence-corrected chi connectivity index (χ2v) is 4.99. The quantitative estimate of drug-likeness (QED) is 0.646. The Balaban J connectivity index is 2.58. The Morgan fingerprint density at radius 1 is 1.22 bits per heavy atom. The monoisotopic (exact) mass is 302 g/mol. The van der Waals surface area contributed by atoms with E-state index in [1.54, 1.807) is 10.9 Å². The van der Waals surface area contributed by atoms with Crippen molar-refractivity contribution in [2.75, 3.05) is 0 Å². The van der Waals surface area contributed by atoms with Gasteiger partial charge in [-0.25, -0.2) is 4.98 Å². The maximum absolute atomic E-state index is 12.3. The summed E-state index contributed by atoms with van der Waals surface area (Å²) in [5.41, 5.74) is 0.775. The highest BCUT2D eigenvalue weighted by Gasteiger charge is 2.09. The fourth-order valence-electron chi connectivity index (χ4n) is 2.18. The molecule has 3 nitrogen and oxygen atoms in total. The molecule has 0 saturated carbocycles. The number of rotatable bonds is 1. The number of aromatic nitrogens is 2. The molecule has 18 heavy (non-hydrogen) atoms. The van der Waals surface area contributed by atoms with Gasteiger partial charge in [-0.2, -0.15) is 0 Å². The van der Waals surface area contributed by atoms with Crippen molar-refractivity contribution in [1.29, 1.82) is 0 Å². The molecule has 1 aromatic heterocycles. The molecule has 0 aliphatic rings. The van der Waals surface area contributed by atoms with Gasteiger partial charge < -0.3 is 0 Å². The molecule has 0 amide bonds. The van der Waals surface area contributed by atoms with Crippen LogP contribution < -0.4 is 5.56 Å². The molecule has 0 saturated heterocycles. The number of benzene rings is 2. The molecule has 0 atom stereocenters. The van der Waals surface area contributed by atoms with Gasteiger partial charge in [0.25, 0.3) is 5.56 Å². The maximum atomic E-state index is 12.3. The molecule has 90 valence electrons. The van der Waals surface area contributed by atoms with Crippen molar-refractivity contribution in [3.8, 4) is 0 Å². The molecule has 0 bridgehead atoms. The number of aryl methyl sites for hydroxylation is 1. The Hall–Kier alpha value is -1.68. The van der Waals surface area contributed by atoms with E-state index in [9.17, 15) is 4.79 Å². The predicted molar refractivity (Wildman–Crippen MR) is 76.9 cm³/mol. The van der Waals surface area contributed by atoms with Gasteiger partial charge in [-0.15, -0.1) is 0 Å². The lowest BCUT2D eigenvalue weighted by Crippen LogP contribution is -2.19. The van der Waals surface area contributed by atoms with Gasteiger partial charge in [0.05, 0.1) is 17.2 Å². The van der Waals surface area contributed by atoms with Crippen LogP contribution in [0.4, 0.5) is 0 Å². The Labute approximate surface area is 112 Å². The summed E-state index contributed by atoms with van der Waals surface area (Å²) in [5, 5.41) is 2.73. The first-order chi connectivity index (χ1) is 8.72. The summed E-state index contributed by atoms with van der Waals surface area (Å²) in [5.74, 6) is 0. The highest BCUT2D eigenvalue weighted by Crippen LogP contribution is 2.29. The summed E-state index contributed by atoms with van der Waals surface area (Å²) in [4.78, 5) is 16.7. The van der Waals surface area contributed by atoms with Crippen LogP contribution in [0.15, 0.2) is 45.9 Å². The molecule has 1 heterocycles. The van der Waals surface area contributed by atoms with Gasteiger partial charge in [-0.1, -0.05) is 40.2 Å². The molecule has 2 aromatic carbocycles. The van der Waals surface area contributed by atoms with E-state index >= 15 is 0 Å². The van der Waals surface area contributed by atoms with Crippen LogP contribution >= 0.6 is 15.9 Å². The fraction of sp³-hybridized carbons (Fsp3) is 0.143. The van der Waals surface area contributed by atoms with Crippen LogP contribution in [0, 0.1) is 0 Å². The van der Waals surface area contributed by atoms with Crippen LogP contribution in [0.1, 0.15) is 6.92 Å². The van der Waals surface area contributed by atoms with E-state index in [2.05, 4.69) is 20.9 Å². The van der Waals surface area contributed by atoms with Gasteiger partial charge in [-0.3, -0.25) is 9.36 Å². The molecule has 4 heteroatoms. The highest BCUT2D eigenvalue weighted by molar-refractivity contribution is 9.10. The number of fused-ring (bicyclic) bond motifs is 3. The minimum Gasteiger partial charge on any atom is -0.299 e. The molecule has 0 fully saturated rings. The van der Waals surface area contributed by atoms with Gasteiger partial charge >= 0.3 is 0 Å². The zero-order valence-electron chi connectivity index (χ0n) is 9.85. The number of hydrogen-bond donors (Lipinski definition) is 0. The first-order valence-electron chi connectivity index (χ1n) is 5.78. The molecule has 3 rings (SSSR count). The van der Waals surface area contributed by atoms with Gasteiger partial charge in [0.2, 0.25) is 0 Å². The van der Waals surface area contributed by atoms with Gasteiger partial charge in [-0.05, 0) is 18.4 Å². The third kappa shape index (κ3) is 1.56. The summed E-state index contributed by atoms with van der Waals surface area (Å²) in [6.07, 6.45) is 1.62. The van der Waals surface area contributed by atoms with Crippen molar-refractivity contribution >= 4 is 37.6 Å². The molecule has 0 spiro atoms. The third-order valence-corrected chi connectivity index (χ3v) is 3.78. The molecule has 0 aliphatic heterocycles. The lowest BCUT2D eigenvalue weighted by molar-refractivity contribution is 0.718. The topological polar surface area (TPSA) is 34.9 Å². The van der Waals surface area contributed by atoms with Crippen molar-refractivity contribution in [1.82, 2.24) is 9.55 Å². The zero-order valence-corrected chi connectivity index (χ0v) is 11.4. The van der Waals surface area contributed by atoms with Gasteiger partial charge in [0.15, 0.2) is 0 Å². The summed E-state index contributed by atoms with van der Waals surface area (Å²) in [7, 11) is 0. The highest BCUT2D eigenvalue weighted by atomic mass is 79.9. The van der Waals surface area contributed by atoms with Crippen LogP contribution in [0.2, 0.25) is 0 Å². The number of nitrogens with zero attached hydrogens (tertiary/aromatic N) is 2. The summed E-state index contributed by atoms with van der Waals surface area (Å²) in [6.45, 7) is 2.57. The molecule has 0 unspecified atom stereocenters. The normalized spacial score (nSPS) is 11.2. The van der Waals surface area contributed by atoms with Crippen LogP contribution in [0.5, 0.6) is 0 Å². The van der Waals surface area contributed by atoms with E-state index in [4.69, 9.17) is 0 Å². The first kappa shape index (κ1) is 11.4. The van der Waals surface area contributed by atoms with E-state index in [0.717, 1.165) is 20.8 Å². The Morgan fingerprint density at radius 3 is 2.67 bits per heavy atom. The van der Waals surface area contributed by atoms with E-state index in [-0.39, 0.29) is 5.56 Å². The SMILES string of the molecule is CCn1cnc2c(cc(Br)c3ccccc32)c1=O. The van der Waals surface area contributed by atoms with Crippen LogP contribution in [-0.4, -0.2) is 9.55 Å². The summed E-state index contributed by atoms with van der Waals surface area (Å²) < 4.78 is 2.54. The zero-order chi connectivity index (χ0) is 12.7. The van der Waals surface area contributed by atoms with Crippen LogP contribution in [-0.2, 0) is 6.54 Å². The maximum Gasteiger partial charge on any atom is 0.261 e. The van der Waals surface area contributed by atoms with Crippen molar-refractivity contribution in [2.24, 2.45) is 0 Å². The third-order valence-electron chi connectivity index (χ3n) is 3.12. The standard InChI is InChI=1S/C14H11BrN2O/c1-2-17-8-16-13-10-6-4-3-5-9(10)12(15)7-11(13)14(17)18/h3-8H,2H2,1H3. The Morgan fingerprint density at radius 2 is 1.94 bits per heavy atom. The van der Waals surface area contributed by atoms with Crippen LogP contribution in [0.25, 0.3) is 21.7 Å². The summed E-state index contributed by atoms with van der Waals surface area (Å²) in [6, 6.07) is 9.81. The molecular formula is C14H11BrN2O. The smallest absolute Gasteiger partial charge is 0.261 e. The Bertz CT molecular complexity index is 808. The lowest BCUT2D eigenvalue weighted by atomic mass is 10.1. The average Bonchev–Trinajstić information content (AvgIpc) is 2.41. The van der Waals surface area contributed by atoms with E-state index < -0.39 is 0 Å². The van der Waals surface area contributed by atoms with Gasteiger partial charge in [0.1, 0.15) is 0 Å². The van der Waals surface area contributed by atoms with E-state index in [1.165, 1.54) is 0 Å². The second kappa shape index (κ2) is 4.21. The number of halogens is 1. The lowest BCUT2D eigenvalue weighted by Gasteiger charge is -2.07. The van der Waals surface area contributed by atoms with E-state index in [0.29, 0.717) is 11.9 Å². The second-order valence-electron chi connectivity index (χ2n) is 4.14. The van der Waals surface area contributed by atoms with Crippen LogP contribution in [0.3, 0.4) is 0 Å². The first-order valence-corrected chi connectivity index (χ1v) is 6.58. The molecular weight excluding hydrogens is 292 g/mol. The van der Waals surface area contributed by atoms with Crippen molar-refractivity contribution in [3.63, 3.8) is 0 Å². The van der Waals surface area contributed by atoms with Crippen molar-refractivity contribution < 1.29 is 0 Å². The van der Waals surface area contributed by atoms with Crippen molar-refractivity contribution in [3.05, 3.63) is 51.5 Å².